The van der Waals surface area contributed by atoms with Gasteiger partial charge in [-0.3, -0.25) is 0 Å². The first-order valence-corrected chi connectivity index (χ1v) is 6.44. The lowest BCUT2D eigenvalue weighted by Gasteiger charge is -2.10. The van der Waals surface area contributed by atoms with Crippen molar-refractivity contribution in [2.45, 2.75) is 6.42 Å². The maximum absolute atomic E-state index is 10.7. The first-order chi connectivity index (χ1) is 9.75. The van der Waals surface area contributed by atoms with Gasteiger partial charge in [0.2, 0.25) is 0 Å². The van der Waals surface area contributed by atoms with Gasteiger partial charge in [-0.1, -0.05) is 36.4 Å². The molecule has 1 heterocycles. The lowest BCUT2D eigenvalue weighted by atomic mass is 10.0. The molecule has 0 aliphatic rings. The lowest BCUT2D eigenvalue weighted by Crippen LogP contribution is -2.15. The van der Waals surface area contributed by atoms with E-state index in [1.165, 1.54) is 0 Å². The fourth-order valence-electron chi connectivity index (χ4n) is 2.45. The topological polar surface area (TPSA) is 65.2 Å². The number of para-hydroxylation sites is 2. The average molecular weight is 303 g/mol. The monoisotopic (exact) mass is 302 g/mol. The highest BCUT2D eigenvalue weighted by Crippen LogP contribution is 2.26. The maximum atomic E-state index is 10.7. The molecule has 1 amide bonds. The summed E-state index contributed by atoms with van der Waals surface area (Å²) < 4.78 is 4.86. The molecule has 0 fully saturated rings. The Labute approximate surface area is 128 Å². The summed E-state index contributed by atoms with van der Waals surface area (Å²) in [6.45, 7) is 0.271. The number of aromatic nitrogens is 1. The predicted molar refractivity (Wildman–Crippen MR) is 85.7 cm³/mol. The standard InChI is InChI=1S/C16H14N2O2.ClH/c17-16(19)20-10-9-11-12-5-1-3-7-14(12)18-15-8-4-2-6-13(11)15;/h1-8H,9-10H2,(H2,17,19);1H. The zero-order valence-corrected chi connectivity index (χ0v) is 12.1. The van der Waals surface area contributed by atoms with Crippen molar-refractivity contribution in [1.82, 2.24) is 4.98 Å². The summed E-state index contributed by atoms with van der Waals surface area (Å²) in [5.41, 5.74) is 8.03. The fourth-order valence-corrected chi connectivity index (χ4v) is 2.45. The third-order valence-corrected chi connectivity index (χ3v) is 3.30. The van der Waals surface area contributed by atoms with Crippen LogP contribution in [0.25, 0.3) is 21.8 Å². The molecule has 0 saturated heterocycles. The van der Waals surface area contributed by atoms with Crippen LogP contribution in [0.2, 0.25) is 0 Å². The van der Waals surface area contributed by atoms with Crippen molar-refractivity contribution in [2.24, 2.45) is 5.73 Å². The highest BCUT2D eigenvalue weighted by atomic mass is 35.5. The minimum absolute atomic E-state index is 0. The van der Waals surface area contributed by atoms with Crippen molar-refractivity contribution in [3.63, 3.8) is 0 Å². The summed E-state index contributed by atoms with van der Waals surface area (Å²) in [5, 5.41) is 2.17. The Morgan fingerprint density at radius 2 is 1.52 bits per heavy atom. The Bertz CT molecular complexity index is 735. The lowest BCUT2D eigenvalue weighted by molar-refractivity contribution is 0.158. The molecular formula is C16H15ClN2O2. The Morgan fingerprint density at radius 1 is 1.00 bits per heavy atom. The number of fused-ring (bicyclic) bond motifs is 2. The van der Waals surface area contributed by atoms with Gasteiger partial charge in [0.05, 0.1) is 17.6 Å². The zero-order chi connectivity index (χ0) is 13.9. The van der Waals surface area contributed by atoms with Gasteiger partial charge in [0.1, 0.15) is 0 Å². The molecule has 108 valence electrons. The van der Waals surface area contributed by atoms with E-state index in [0.717, 1.165) is 27.4 Å². The Hall–Kier alpha value is -2.33. The van der Waals surface area contributed by atoms with Crippen LogP contribution in [0.4, 0.5) is 4.79 Å². The second kappa shape index (κ2) is 6.41. The number of hydrogen-bond acceptors (Lipinski definition) is 3. The van der Waals surface area contributed by atoms with Crippen molar-refractivity contribution in [3.05, 3.63) is 54.1 Å². The number of pyridine rings is 1. The van der Waals surface area contributed by atoms with Crippen molar-refractivity contribution < 1.29 is 9.53 Å². The molecule has 0 radical (unpaired) electrons. The molecule has 0 saturated carbocycles. The Balaban J connectivity index is 0.00000161. The van der Waals surface area contributed by atoms with Gasteiger partial charge in [-0.2, -0.15) is 0 Å². The molecule has 3 rings (SSSR count). The Morgan fingerprint density at radius 3 is 2.05 bits per heavy atom. The van der Waals surface area contributed by atoms with Gasteiger partial charge in [-0.25, -0.2) is 9.78 Å². The van der Waals surface area contributed by atoms with Crippen molar-refractivity contribution in [2.75, 3.05) is 6.61 Å². The van der Waals surface area contributed by atoms with Crippen LogP contribution in [0.3, 0.4) is 0 Å². The van der Waals surface area contributed by atoms with Gasteiger partial charge in [-0.15, -0.1) is 12.4 Å². The number of benzene rings is 2. The molecule has 1 aromatic heterocycles. The number of carbonyl (C=O) groups excluding carboxylic acids is 1. The van der Waals surface area contributed by atoms with Gasteiger partial charge in [-0.05, 0) is 17.7 Å². The van der Waals surface area contributed by atoms with E-state index in [1.54, 1.807) is 0 Å². The second-order valence-corrected chi connectivity index (χ2v) is 4.54. The molecular weight excluding hydrogens is 288 g/mol. The third kappa shape index (κ3) is 3.06. The van der Waals surface area contributed by atoms with E-state index in [4.69, 9.17) is 10.5 Å². The smallest absolute Gasteiger partial charge is 0.404 e. The molecule has 5 heteroatoms. The predicted octanol–water partition coefficient (Wildman–Crippen LogP) is 3.45. The van der Waals surface area contributed by atoms with Crippen LogP contribution in [0.15, 0.2) is 48.5 Å². The average Bonchev–Trinajstić information content (AvgIpc) is 2.46. The van der Waals surface area contributed by atoms with Crippen LogP contribution in [0.5, 0.6) is 0 Å². The van der Waals surface area contributed by atoms with E-state index in [9.17, 15) is 4.79 Å². The number of halogens is 1. The van der Waals surface area contributed by atoms with Gasteiger partial charge < -0.3 is 10.5 Å². The maximum Gasteiger partial charge on any atom is 0.404 e. The van der Waals surface area contributed by atoms with E-state index in [1.807, 2.05) is 48.5 Å². The number of nitrogens with two attached hydrogens (primary N) is 1. The molecule has 4 nitrogen and oxygen atoms in total. The number of ether oxygens (including phenoxy) is 1. The van der Waals surface area contributed by atoms with Crippen LogP contribution in [0.1, 0.15) is 5.56 Å². The van der Waals surface area contributed by atoms with Gasteiger partial charge in [0.15, 0.2) is 0 Å². The number of carbonyl (C=O) groups is 1. The minimum atomic E-state index is -0.743. The summed E-state index contributed by atoms with van der Waals surface area (Å²) in [6, 6.07) is 15.9. The molecule has 2 N–H and O–H groups in total. The van der Waals surface area contributed by atoms with Crippen molar-refractivity contribution in [1.29, 1.82) is 0 Å². The highest BCUT2D eigenvalue weighted by molar-refractivity contribution is 5.97. The molecule has 3 aromatic rings. The molecule has 2 aromatic carbocycles. The summed E-state index contributed by atoms with van der Waals surface area (Å²) >= 11 is 0. The van der Waals surface area contributed by atoms with Crippen LogP contribution in [-0.4, -0.2) is 17.7 Å². The molecule has 0 aliphatic carbocycles. The quantitative estimate of drug-likeness (QED) is 0.754. The Kier molecular flexibility index (Phi) is 4.60. The number of primary amides is 1. The molecule has 0 spiro atoms. The van der Waals surface area contributed by atoms with Gasteiger partial charge >= 0.3 is 6.09 Å². The van der Waals surface area contributed by atoms with E-state index < -0.39 is 6.09 Å². The van der Waals surface area contributed by atoms with Crippen LogP contribution in [0, 0.1) is 0 Å². The third-order valence-electron chi connectivity index (χ3n) is 3.30. The largest absolute Gasteiger partial charge is 0.449 e. The van der Waals surface area contributed by atoms with E-state index >= 15 is 0 Å². The van der Waals surface area contributed by atoms with E-state index in [0.29, 0.717) is 6.42 Å². The van der Waals surface area contributed by atoms with E-state index in [-0.39, 0.29) is 19.0 Å². The molecule has 0 aliphatic heterocycles. The fraction of sp³-hybridized carbons (Fsp3) is 0.125. The van der Waals surface area contributed by atoms with Crippen LogP contribution in [-0.2, 0) is 11.2 Å². The number of amides is 1. The normalized spacial score (nSPS) is 10.3. The highest BCUT2D eigenvalue weighted by Gasteiger charge is 2.08. The molecule has 0 atom stereocenters. The summed E-state index contributed by atoms with van der Waals surface area (Å²) in [4.78, 5) is 15.4. The van der Waals surface area contributed by atoms with Gasteiger partial charge in [0.25, 0.3) is 0 Å². The van der Waals surface area contributed by atoms with Crippen molar-refractivity contribution in [3.8, 4) is 0 Å². The zero-order valence-electron chi connectivity index (χ0n) is 11.3. The van der Waals surface area contributed by atoms with Crippen molar-refractivity contribution >= 4 is 40.3 Å². The minimum Gasteiger partial charge on any atom is -0.449 e. The first kappa shape index (κ1) is 15.1. The summed E-state index contributed by atoms with van der Waals surface area (Å²) in [7, 11) is 0. The van der Waals surface area contributed by atoms with Crippen LogP contribution < -0.4 is 5.73 Å². The number of hydrogen-bond donors (Lipinski definition) is 1. The molecule has 21 heavy (non-hydrogen) atoms. The first-order valence-electron chi connectivity index (χ1n) is 6.44. The molecule has 0 unspecified atom stereocenters. The SMILES string of the molecule is Cl.NC(=O)OCCc1c2ccccc2nc2ccccc12. The second-order valence-electron chi connectivity index (χ2n) is 4.54. The van der Waals surface area contributed by atoms with Gasteiger partial charge in [0, 0.05) is 17.2 Å². The number of rotatable bonds is 3. The van der Waals surface area contributed by atoms with Crippen LogP contribution >= 0.6 is 12.4 Å². The van der Waals surface area contributed by atoms with E-state index in [2.05, 4.69) is 4.98 Å². The summed E-state index contributed by atoms with van der Waals surface area (Å²) in [6.07, 6.45) is -0.125. The summed E-state index contributed by atoms with van der Waals surface area (Å²) in [5.74, 6) is 0. The molecule has 0 bridgehead atoms. The number of nitrogens with zero attached hydrogens (tertiary/aromatic N) is 1.